The number of nitrogens with zero attached hydrogens (tertiary/aromatic N) is 1. The molecule has 7 nitrogen and oxygen atoms in total. The Morgan fingerprint density at radius 3 is 2.78 bits per heavy atom. The van der Waals surface area contributed by atoms with Crippen LogP contribution in [0.1, 0.15) is 16.7 Å². The topological polar surface area (TPSA) is 84.9 Å². The molecule has 4 rings (SSSR count). The van der Waals surface area contributed by atoms with Crippen molar-refractivity contribution in [1.82, 2.24) is 10.2 Å². The van der Waals surface area contributed by atoms with E-state index in [1.165, 1.54) is 17.3 Å². The molecule has 0 spiro atoms. The zero-order valence-electron chi connectivity index (χ0n) is 17.7. The van der Waals surface area contributed by atoms with Crippen molar-refractivity contribution in [3.8, 4) is 11.5 Å². The van der Waals surface area contributed by atoms with E-state index in [-0.39, 0.29) is 42.7 Å². The molecule has 9 heteroatoms. The highest BCUT2D eigenvalue weighted by Gasteiger charge is 2.34. The zero-order valence-corrected chi connectivity index (χ0v) is 19.3. The van der Waals surface area contributed by atoms with Crippen molar-refractivity contribution in [2.24, 2.45) is 0 Å². The quantitative estimate of drug-likeness (QED) is 0.484. The van der Waals surface area contributed by atoms with Gasteiger partial charge in [-0.1, -0.05) is 23.8 Å². The Labute approximate surface area is 194 Å². The molecule has 2 aliphatic heterocycles. The minimum Gasteiger partial charge on any atom is -0.454 e. The first-order valence-electron chi connectivity index (χ1n) is 10.0. The maximum Gasteiger partial charge on any atom is 0.293 e. The van der Waals surface area contributed by atoms with Gasteiger partial charge >= 0.3 is 0 Å². The van der Waals surface area contributed by atoms with Crippen molar-refractivity contribution >= 4 is 46.7 Å². The average Bonchev–Trinajstić information content (AvgIpc) is 3.32. The number of fused-ring (bicyclic) bond motifs is 1. The summed E-state index contributed by atoms with van der Waals surface area (Å²) >= 11 is 2.35. The SMILES string of the molecule is Cc1ccc(SCC(=O)NCCN2C(=O)S/C(=C\c3ccc4c(c3)OCO4)C2=O)c(C)c1. The van der Waals surface area contributed by atoms with Gasteiger partial charge in [0.25, 0.3) is 11.1 Å². The van der Waals surface area contributed by atoms with Crippen LogP contribution in [-0.2, 0) is 9.59 Å². The number of thioether (sulfide) groups is 2. The molecule has 0 radical (unpaired) electrons. The van der Waals surface area contributed by atoms with E-state index in [9.17, 15) is 14.4 Å². The molecule has 1 fully saturated rings. The van der Waals surface area contributed by atoms with E-state index in [1.54, 1.807) is 24.3 Å². The molecule has 2 aromatic carbocycles. The van der Waals surface area contributed by atoms with Crippen LogP contribution in [0.2, 0.25) is 0 Å². The summed E-state index contributed by atoms with van der Waals surface area (Å²) in [5.74, 6) is 1.03. The Morgan fingerprint density at radius 2 is 1.97 bits per heavy atom. The second-order valence-corrected chi connectivity index (χ2v) is 9.36. The predicted octanol–water partition coefficient (Wildman–Crippen LogP) is 3.98. The van der Waals surface area contributed by atoms with Crippen molar-refractivity contribution in [2.45, 2.75) is 18.7 Å². The number of benzene rings is 2. The monoisotopic (exact) mass is 470 g/mol. The van der Waals surface area contributed by atoms with Gasteiger partial charge in [0, 0.05) is 18.0 Å². The summed E-state index contributed by atoms with van der Waals surface area (Å²) in [5.41, 5.74) is 3.06. The number of rotatable bonds is 7. The Bertz CT molecular complexity index is 1120. The number of hydrogen-bond acceptors (Lipinski definition) is 7. The number of hydrogen-bond donors (Lipinski definition) is 1. The molecular formula is C23H22N2O5S2. The van der Waals surface area contributed by atoms with E-state index in [4.69, 9.17) is 9.47 Å². The first kappa shape index (κ1) is 22.3. The summed E-state index contributed by atoms with van der Waals surface area (Å²) in [5, 5.41) is 2.43. The molecule has 1 saturated heterocycles. The summed E-state index contributed by atoms with van der Waals surface area (Å²) in [4.78, 5) is 39.7. The van der Waals surface area contributed by atoms with Gasteiger partial charge in [0.05, 0.1) is 10.7 Å². The van der Waals surface area contributed by atoms with Crippen LogP contribution in [0.25, 0.3) is 6.08 Å². The number of nitrogens with one attached hydrogen (secondary N) is 1. The van der Waals surface area contributed by atoms with Gasteiger partial charge in [-0.2, -0.15) is 0 Å². The fourth-order valence-corrected chi connectivity index (χ4v) is 5.01. The second kappa shape index (κ2) is 9.70. The maximum absolute atomic E-state index is 12.6. The van der Waals surface area contributed by atoms with Gasteiger partial charge in [-0.3, -0.25) is 19.3 Å². The smallest absolute Gasteiger partial charge is 0.293 e. The highest BCUT2D eigenvalue weighted by Crippen LogP contribution is 2.36. The van der Waals surface area contributed by atoms with E-state index in [0.29, 0.717) is 16.4 Å². The molecule has 0 bridgehead atoms. The van der Waals surface area contributed by atoms with E-state index >= 15 is 0 Å². The average molecular weight is 471 g/mol. The molecule has 32 heavy (non-hydrogen) atoms. The number of carbonyl (C=O) groups excluding carboxylic acids is 3. The van der Waals surface area contributed by atoms with Crippen molar-refractivity contribution in [2.75, 3.05) is 25.6 Å². The van der Waals surface area contributed by atoms with Crippen LogP contribution < -0.4 is 14.8 Å². The number of imide groups is 1. The standard InChI is InChI=1S/C23H22N2O5S2/c1-14-3-6-19(15(2)9-14)31-12-21(26)24-7-8-25-22(27)20(32-23(25)28)11-16-4-5-17-18(10-16)30-13-29-17/h3-6,9-11H,7-8,12-13H2,1-2H3,(H,24,26)/b20-11-. The summed E-state index contributed by atoms with van der Waals surface area (Å²) in [6.45, 7) is 4.56. The lowest BCUT2D eigenvalue weighted by Gasteiger charge is -2.13. The fourth-order valence-electron chi connectivity index (χ4n) is 3.31. The molecule has 166 valence electrons. The highest BCUT2D eigenvalue weighted by atomic mass is 32.2. The summed E-state index contributed by atoms with van der Waals surface area (Å²) in [7, 11) is 0. The Morgan fingerprint density at radius 1 is 1.16 bits per heavy atom. The van der Waals surface area contributed by atoms with Gasteiger partial charge in [-0.15, -0.1) is 11.8 Å². The summed E-state index contributed by atoms with van der Waals surface area (Å²) in [6.07, 6.45) is 1.66. The van der Waals surface area contributed by atoms with Crippen molar-refractivity contribution in [3.05, 3.63) is 58.0 Å². The first-order valence-corrected chi connectivity index (χ1v) is 11.8. The third-order valence-electron chi connectivity index (χ3n) is 4.91. The molecule has 3 amide bonds. The van der Waals surface area contributed by atoms with Crippen molar-refractivity contribution < 1.29 is 23.9 Å². The van der Waals surface area contributed by atoms with Crippen LogP contribution in [0, 0.1) is 13.8 Å². The van der Waals surface area contributed by atoms with Crippen LogP contribution in [0.4, 0.5) is 4.79 Å². The van der Waals surface area contributed by atoms with Gasteiger partial charge in [-0.05, 0) is 61.0 Å². The molecule has 0 aromatic heterocycles. The molecule has 2 aromatic rings. The van der Waals surface area contributed by atoms with Crippen molar-refractivity contribution in [3.63, 3.8) is 0 Å². The van der Waals surface area contributed by atoms with Crippen LogP contribution in [0.3, 0.4) is 0 Å². The molecule has 0 atom stereocenters. The molecule has 2 heterocycles. The third kappa shape index (κ3) is 5.11. The molecule has 2 aliphatic rings. The molecular weight excluding hydrogens is 448 g/mol. The van der Waals surface area contributed by atoms with Crippen LogP contribution in [0.15, 0.2) is 46.2 Å². The molecule has 1 N–H and O–H groups in total. The summed E-state index contributed by atoms with van der Waals surface area (Å²) < 4.78 is 10.6. The normalized spacial score (nSPS) is 16.2. The number of aryl methyl sites for hydroxylation is 2. The van der Waals surface area contributed by atoms with Crippen LogP contribution in [-0.4, -0.2) is 47.6 Å². The Balaban J connectivity index is 1.27. The summed E-state index contributed by atoms with van der Waals surface area (Å²) in [6, 6.07) is 11.4. The number of ether oxygens (including phenoxy) is 2. The van der Waals surface area contributed by atoms with Crippen LogP contribution >= 0.6 is 23.5 Å². The molecule has 0 saturated carbocycles. The number of carbonyl (C=O) groups is 3. The van der Waals surface area contributed by atoms with Gasteiger partial charge in [0.1, 0.15) is 0 Å². The largest absolute Gasteiger partial charge is 0.454 e. The maximum atomic E-state index is 12.6. The third-order valence-corrected chi connectivity index (χ3v) is 7.00. The Kier molecular flexibility index (Phi) is 6.76. The highest BCUT2D eigenvalue weighted by molar-refractivity contribution is 8.18. The molecule has 0 unspecified atom stereocenters. The van der Waals surface area contributed by atoms with Gasteiger partial charge in [-0.25, -0.2) is 0 Å². The lowest BCUT2D eigenvalue weighted by Crippen LogP contribution is -2.37. The van der Waals surface area contributed by atoms with Crippen LogP contribution in [0.5, 0.6) is 11.5 Å². The minimum absolute atomic E-state index is 0.128. The minimum atomic E-state index is -0.364. The van der Waals surface area contributed by atoms with Crippen molar-refractivity contribution in [1.29, 1.82) is 0 Å². The van der Waals surface area contributed by atoms with E-state index in [0.717, 1.165) is 32.7 Å². The Hall–Kier alpha value is -2.91. The van der Waals surface area contributed by atoms with E-state index < -0.39 is 0 Å². The predicted molar refractivity (Wildman–Crippen MR) is 125 cm³/mol. The van der Waals surface area contributed by atoms with E-state index in [1.807, 2.05) is 26.0 Å². The van der Waals surface area contributed by atoms with Gasteiger partial charge in [0.2, 0.25) is 12.7 Å². The van der Waals surface area contributed by atoms with E-state index in [2.05, 4.69) is 11.4 Å². The number of amides is 3. The fraction of sp³-hybridized carbons (Fsp3) is 0.261. The van der Waals surface area contributed by atoms with Gasteiger partial charge in [0.15, 0.2) is 11.5 Å². The lowest BCUT2D eigenvalue weighted by molar-refractivity contribution is -0.123. The first-order chi connectivity index (χ1) is 15.4. The zero-order chi connectivity index (χ0) is 22.7. The van der Waals surface area contributed by atoms with Gasteiger partial charge < -0.3 is 14.8 Å². The lowest BCUT2D eigenvalue weighted by atomic mass is 10.2. The second-order valence-electron chi connectivity index (χ2n) is 7.35. The molecule has 0 aliphatic carbocycles.